The summed E-state index contributed by atoms with van der Waals surface area (Å²) >= 11 is 5.85. The molecule has 2 rings (SSSR count). The molecular weight excluding hydrogens is 278 g/mol. The highest BCUT2D eigenvalue weighted by molar-refractivity contribution is 6.17. The Balaban J connectivity index is 2.32. The molecular formula is C14H20ClN3O2. The average Bonchev–Trinajstić information content (AvgIpc) is 2.76. The van der Waals surface area contributed by atoms with Gasteiger partial charge in [0.15, 0.2) is 5.65 Å². The summed E-state index contributed by atoms with van der Waals surface area (Å²) < 4.78 is 12.9. The van der Waals surface area contributed by atoms with E-state index in [4.69, 9.17) is 21.1 Å². The highest BCUT2D eigenvalue weighted by Crippen LogP contribution is 2.18. The van der Waals surface area contributed by atoms with E-state index in [1.807, 2.05) is 26.0 Å². The van der Waals surface area contributed by atoms with Gasteiger partial charge in [-0.1, -0.05) is 0 Å². The molecule has 0 saturated carbocycles. The van der Waals surface area contributed by atoms with Crippen molar-refractivity contribution < 1.29 is 9.47 Å². The molecule has 2 aromatic heterocycles. The number of nitrogens with zero attached hydrogens (tertiary/aromatic N) is 3. The molecule has 0 unspecified atom stereocenters. The number of hydrogen-bond donors (Lipinski definition) is 0. The molecule has 0 amide bonds. The fraction of sp³-hybridized carbons (Fsp3) is 0.571. The maximum Gasteiger partial charge on any atom is 0.215 e. The van der Waals surface area contributed by atoms with E-state index in [1.54, 1.807) is 7.11 Å². The lowest BCUT2D eigenvalue weighted by molar-refractivity contribution is 0.0728. The Labute approximate surface area is 123 Å². The molecule has 0 fully saturated rings. The summed E-state index contributed by atoms with van der Waals surface area (Å²) in [6.07, 6.45) is 0.922. The molecule has 0 radical (unpaired) electrons. The van der Waals surface area contributed by atoms with Crippen molar-refractivity contribution in [2.45, 2.75) is 32.9 Å². The van der Waals surface area contributed by atoms with E-state index >= 15 is 0 Å². The first-order valence-corrected chi connectivity index (χ1v) is 7.27. The highest BCUT2D eigenvalue weighted by Gasteiger charge is 2.12. The summed E-state index contributed by atoms with van der Waals surface area (Å²) in [5.41, 5.74) is 1.67. The number of halogens is 1. The number of pyridine rings is 1. The van der Waals surface area contributed by atoms with Gasteiger partial charge < -0.3 is 14.0 Å². The van der Waals surface area contributed by atoms with Gasteiger partial charge in [-0.15, -0.1) is 11.6 Å². The lowest BCUT2D eigenvalue weighted by atomic mass is 10.4. The van der Waals surface area contributed by atoms with Crippen LogP contribution in [0, 0.1) is 0 Å². The van der Waals surface area contributed by atoms with Crippen LogP contribution < -0.4 is 4.74 Å². The second-order valence-corrected chi connectivity index (χ2v) is 5.11. The van der Waals surface area contributed by atoms with Crippen molar-refractivity contribution in [3.63, 3.8) is 0 Å². The lowest BCUT2D eigenvalue weighted by Crippen LogP contribution is -2.13. The molecule has 0 aromatic carbocycles. The van der Waals surface area contributed by atoms with Crippen molar-refractivity contribution in [3.8, 4) is 5.88 Å². The molecule has 0 aliphatic rings. The number of fused-ring (bicyclic) bond motifs is 1. The van der Waals surface area contributed by atoms with Crippen LogP contribution in [0.3, 0.4) is 0 Å². The normalized spacial score (nSPS) is 11.4. The summed E-state index contributed by atoms with van der Waals surface area (Å²) in [7, 11) is 1.61. The predicted octanol–water partition coefficient (Wildman–Crippen LogP) is 2.65. The SMILES string of the molecule is COc1ccc2nc(CCCl)n(CCOC(C)C)c2n1. The molecule has 0 aliphatic heterocycles. The summed E-state index contributed by atoms with van der Waals surface area (Å²) in [4.78, 5) is 9.05. The van der Waals surface area contributed by atoms with Gasteiger partial charge in [0.1, 0.15) is 11.3 Å². The lowest BCUT2D eigenvalue weighted by Gasteiger charge is -2.11. The van der Waals surface area contributed by atoms with Crippen LogP contribution in [0.25, 0.3) is 11.2 Å². The van der Waals surface area contributed by atoms with E-state index in [0.29, 0.717) is 31.3 Å². The molecule has 0 saturated heterocycles. The van der Waals surface area contributed by atoms with Crippen molar-refractivity contribution in [3.05, 3.63) is 18.0 Å². The molecule has 2 heterocycles. The van der Waals surface area contributed by atoms with Gasteiger partial charge in [-0.2, -0.15) is 4.98 Å². The van der Waals surface area contributed by atoms with Gasteiger partial charge in [-0.25, -0.2) is 4.98 Å². The van der Waals surface area contributed by atoms with E-state index in [2.05, 4.69) is 14.5 Å². The minimum absolute atomic E-state index is 0.212. The second-order valence-electron chi connectivity index (χ2n) is 4.73. The molecule has 0 spiro atoms. The summed E-state index contributed by atoms with van der Waals surface area (Å²) in [5.74, 6) is 2.05. The van der Waals surface area contributed by atoms with Gasteiger partial charge in [-0.3, -0.25) is 0 Å². The summed E-state index contributed by atoms with van der Waals surface area (Å²) in [6, 6.07) is 3.73. The fourth-order valence-electron chi connectivity index (χ4n) is 2.03. The Morgan fingerprint density at radius 3 is 2.75 bits per heavy atom. The molecule has 0 bridgehead atoms. The van der Waals surface area contributed by atoms with Crippen LogP contribution in [-0.2, 0) is 17.7 Å². The van der Waals surface area contributed by atoms with Crippen molar-refractivity contribution in [1.29, 1.82) is 0 Å². The molecule has 6 heteroatoms. The van der Waals surface area contributed by atoms with Gasteiger partial charge in [-0.05, 0) is 19.9 Å². The minimum atomic E-state index is 0.212. The van der Waals surface area contributed by atoms with E-state index in [0.717, 1.165) is 17.0 Å². The maximum absolute atomic E-state index is 5.85. The Morgan fingerprint density at radius 2 is 2.10 bits per heavy atom. The number of aromatic nitrogens is 3. The first kappa shape index (κ1) is 15.1. The zero-order valence-electron chi connectivity index (χ0n) is 12.1. The number of hydrogen-bond acceptors (Lipinski definition) is 4. The quantitative estimate of drug-likeness (QED) is 0.737. The molecule has 110 valence electrons. The third kappa shape index (κ3) is 3.41. The largest absolute Gasteiger partial charge is 0.481 e. The van der Waals surface area contributed by atoms with Gasteiger partial charge in [0.05, 0.1) is 19.8 Å². The monoisotopic (exact) mass is 297 g/mol. The van der Waals surface area contributed by atoms with Crippen LogP contribution in [-0.4, -0.2) is 40.2 Å². The maximum atomic E-state index is 5.85. The average molecular weight is 298 g/mol. The van der Waals surface area contributed by atoms with E-state index in [-0.39, 0.29) is 6.10 Å². The first-order chi connectivity index (χ1) is 9.65. The number of imidazole rings is 1. The van der Waals surface area contributed by atoms with Gasteiger partial charge in [0, 0.05) is 24.9 Å². The second kappa shape index (κ2) is 6.90. The zero-order chi connectivity index (χ0) is 14.5. The van der Waals surface area contributed by atoms with Crippen LogP contribution in [0.2, 0.25) is 0 Å². The van der Waals surface area contributed by atoms with E-state index in [1.165, 1.54) is 0 Å². The predicted molar refractivity (Wildman–Crippen MR) is 79.6 cm³/mol. The number of rotatable bonds is 7. The Morgan fingerprint density at radius 1 is 1.30 bits per heavy atom. The number of alkyl halides is 1. The van der Waals surface area contributed by atoms with Crippen LogP contribution in [0.4, 0.5) is 0 Å². The molecule has 20 heavy (non-hydrogen) atoms. The zero-order valence-corrected chi connectivity index (χ0v) is 12.9. The smallest absolute Gasteiger partial charge is 0.215 e. The number of ether oxygens (including phenoxy) is 2. The summed E-state index contributed by atoms with van der Waals surface area (Å²) in [5, 5.41) is 0. The summed E-state index contributed by atoms with van der Waals surface area (Å²) in [6.45, 7) is 5.37. The fourth-order valence-corrected chi connectivity index (χ4v) is 2.20. The van der Waals surface area contributed by atoms with E-state index < -0.39 is 0 Å². The Kier molecular flexibility index (Phi) is 5.20. The van der Waals surface area contributed by atoms with Crippen LogP contribution in [0.15, 0.2) is 12.1 Å². The third-order valence-electron chi connectivity index (χ3n) is 2.94. The van der Waals surface area contributed by atoms with Crippen LogP contribution in [0.5, 0.6) is 5.88 Å². The van der Waals surface area contributed by atoms with Crippen molar-refractivity contribution in [2.75, 3.05) is 19.6 Å². The Bertz CT molecular complexity index is 569. The first-order valence-electron chi connectivity index (χ1n) is 6.73. The number of methoxy groups -OCH3 is 1. The minimum Gasteiger partial charge on any atom is -0.481 e. The van der Waals surface area contributed by atoms with Crippen molar-refractivity contribution >= 4 is 22.8 Å². The molecule has 2 aromatic rings. The van der Waals surface area contributed by atoms with Gasteiger partial charge >= 0.3 is 0 Å². The standard InChI is InChI=1S/C14H20ClN3O2/c1-10(2)20-9-8-18-12(6-7-15)16-11-4-5-13(19-3)17-14(11)18/h4-5,10H,6-9H2,1-3H3. The molecule has 5 nitrogen and oxygen atoms in total. The Hall–Kier alpha value is -1.33. The number of aryl methyl sites for hydroxylation is 1. The van der Waals surface area contributed by atoms with Crippen molar-refractivity contribution in [2.24, 2.45) is 0 Å². The van der Waals surface area contributed by atoms with Crippen molar-refractivity contribution in [1.82, 2.24) is 14.5 Å². The van der Waals surface area contributed by atoms with Gasteiger partial charge in [0.2, 0.25) is 5.88 Å². The third-order valence-corrected chi connectivity index (χ3v) is 3.13. The highest BCUT2D eigenvalue weighted by atomic mass is 35.5. The van der Waals surface area contributed by atoms with Gasteiger partial charge in [0.25, 0.3) is 0 Å². The van der Waals surface area contributed by atoms with Crippen LogP contribution >= 0.6 is 11.6 Å². The molecule has 0 aliphatic carbocycles. The topological polar surface area (TPSA) is 49.2 Å². The molecule has 0 atom stereocenters. The van der Waals surface area contributed by atoms with Crippen LogP contribution in [0.1, 0.15) is 19.7 Å². The molecule has 0 N–H and O–H groups in total. The van der Waals surface area contributed by atoms with E-state index in [9.17, 15) is 0 Å².